The maximum atomic E-state index is 10.4. The van der Waals surface area contributed by atoms with Gasteiger partial charge in [-0.1, -0.05) is 30.3 Å². The van der Waals surface area contributed by atoms with Gasteiger partial charge in [-0.3, -0.25) is 4.90 Å². The fourth-order valence-electron chi connectivity index (χ4n) is 2.28. The Balaban J connectivity index is 2.03. The lowest BCUT2D eigenvalue weighted by Crippen LogP contribution is -2.38. The SMILES string of the molecule is CC(O)(CN1CC[C@H](O)C1)c1ccccc1. The van der Waals surface area contributed by atoms with E-state index in [9.17, 15) is 10.2 Å². The van der Waals surface area contributed by atoms with Crippen molar-refractivity contribution in [1.29, 1.82) is 0 Å². The normalized spacial score (nSPS) is 25.6. The molecule has 1 aromatic carbocycles. The highest BCUT2D eigenvalue weighted by atomic mass is 16.3. The topological polar surface area (TPSA) is 43.7 Å². The molecule has 0 bridgehead atoms. The summed E-state index contributed by atoms with van der Waals surface area (Å²) in [6.07, 6.45) is 0.580. The average Bonchev–Trinajstić information content (AvgIpc) is 2.64. The van der Waals surface area contributed by atoms with Crippen LogP contribution in [-0.4, -0.2) is 40.9 Å². The average molecular weight is 221 g/mol. The van der Waals surface area contributed by atoms with Crippen LogP contribution in [0.25, 0.3) is 0 Å². The number of aliphatic hydroxyl groups excluding tert-OH is 1. The molecule has 0 saturated carbocycles. The molecule has 0 aliphatic carbocycles. The van der Waals surface area contributed by atoms with Crippen molar-refractivity contribution in [1.82, 2.24) is 4.90 Å². The second-order valence-corrected chi connectivity index (χ2v) is 4.82. The third-order valence-corrected chi connectivity index (χ3v) is 3.17. The maximum Gasteiger partial charge on any atom is 0.0994 e. The molecule has 3 nitrogen and oxygen atoms in total. The van der Waals surface area contributed by atoms with Gasteiger partial charge in [0.2, 0.25) is 0 Å². The molecule has 1 fully saturated rings. The first-order chi connectivity index (χ1) is 7.58. The molecule has 16 heavy (non-hydrogen) atoms. The number of β-amino-alcohol motifs (C(OH)–C–C–N with tert-alkyl or cyclic N) is 2. The van der Waals surface area contributed by atoms with Crippen molar-refractivity contribution >= 4 is 0 Å². The summed E-state index contributed by atoms with van der Waals surface area (Å²) < 4.78 is 0. The van der Waals surface area contributed by atoms with Crippen LogP contribution in [-0.2, 0) is 5.60 Å². The van der Waals surface area contributed by atoms with Crippen LogP contribution in [0, 0.1) is 0 Å². The molecule has 0 radical (unpaired) electrons. The minimum Gasteiger partial charge on any atom is -0.392 e. The van der Waals surface area contributed by atoms with Crippen molar-refractivity contribution < 1.29 is 10.2 Å². The first kappa shape index (κ1) is 11.6. The largest absolute Gasteiger partial charge is 0.392 e. The molecular formula is C13H19NO2. The van der Waals surface area contributed by atoms with Crippen molar-refractivity contribution in [3.63, 3.8) is 0 Å². The highest BCUT2D eigenvalue weighted by molar-refractivity contribution is 5.21. The number of benzene rings is 1. The van der Waals surface area contributed by atoms with Crippen LogP contribution >= 0.6 is 0 Å². The molecule has 0 spiro atoms. The van der Waals surface area contributed by atoms with E-state index in [1.54, 1.807) is 0 Å². The van der Waals surface area contributed by atoms with Crippen LogP contribution in [0.5, 0.6) is 0 Å². The zero-order valence-corrected chi connectivity index (χ0v) is 9.63. The van der Waals surface area contributed by atoms with E-state index in [1.807, 2.05) is 37.3 Å². The number of aliphatic hydroxyl groups is 2. The predicted octanol–water partition coefficient (Wildman–Crippen LogP) is 0.961. The molecule has 1 aliphatic heterocycles. The van der Waals surface area contributed by atoms with Gasteiger partial charge in [0, 0.05) is 19.6 Å². The van der Waals surface area contributed by atoms with Gasteiger partial charge in [0.15, 0.2) is 0 Å². The molecule has 0 aromatic heterocycles. The summed E-state index contributed by atoms with van der Waals surface area (Å²) in [4.78, 5) is 2.11. The lowest BCUT2D eigenvalue weighted by atomic mass is 9.95. The fourth-order valence-corrected chi connectivity index (χ4v) is 2.28. The van der Waals surface area contributed by atoms with E-state index in [1.165, 1.54) is 0 Å². The summed E-state index contributed by atoms with van der Waals surface area (Å²) in [5, 5.41) is 19.9. The minimum atomic E-state index is -0.842. The van der Waals surface area contributed by atoms with Gasteiger partial charge < -0.3 is 10.2 Å². The standard InChI is InChI=1S/C13H19NO2/c1-13(16,11-5-3-2-4-6-11)10-14-8-7-12(15)9-14/h2-6,12,15-16H,7-10H2,1H3/t12-,13?/m0/s1. The number of hydrogen-bond donors (Lipinski definition) is 2. The Morgan fingerprint density at radius 2 is 2.06 bits per heavy atom. The van der Waals surface area contributed by atoms with Crippen LogP contribution in [0.2, 0.25) is 0 Å². The Morgan fingerprint density at radius 1 is 1.38 bits per heavy atom. The lowest BCUT2D eigenvalue weighted by molar-refractivity contribution is 0.0194. The summed E-state index contributed by atoms with van der Waals surface area (Å²) in [5.41, 5.74) is 0.0853. The molecule has 1 saturated heterocycles. The van der Waals surface area contributed by atoms with E-state index in [2.05, 4.69) is 4.90 Å². The Bertz CT molecular complexity index is 337. The Hall–Kier alpha value is -0.900. The summed E-state index contributed by atoms with van der Waals surface area (Å²) >= 11 is 0. The maximum absolute atomic E-state index is 10.4. The van der Waals surface area contributed by atoms with Gasteiger partial charge in [-0.05, 0) is 18.9 Å². The zero-order chi connectivity index (χ0) is 11.6. The van der Waals surface area contributed by atoms with E-state index >= 15 is 0 Å². The molecule has 2 N–H and O–H groups in total. The second-order valence-electron chi connectivity index (χ2n) is 4.82. The molecule has 1 heterocycles. The number of likely N-dealkylation sites (tertiary alicyclic amines) is 1. The van der Waals surface area contributed by atoms with E-state index in [0.29, 0.717) is 13.1 Å². The third-order valence-electron chi connectivity index (χ3n) is 3.17. The summed E-state index contributed by atoms with van der Waals surface area (Å²) in [7, 11) is 0. The summed E-state index contributed by atoms with van der Waals surface area (Å²) in [5.74, 6) is 0. The molecule has 3 heteroatoms. The van der Waals surface area contributed by atoms with Crippen molar-refractivity contribution in [2.75, 3.05) is 19.6 Å². The van der Waals surface area contributed by atoms with Gasteiger partial charge in [-0.25, -0.2) is 0 Å². The Morgan fingerprint density at radius 3 is 2.62 bits per heavy atom. The predicted molar refractivity (Wildman–Crippen MR) is 63.1 cm³/mol. The Labute approximate surface area is 96.3 Å². The van der Waals surface area contributed by atoms with Gasteiger partial charge in [0.1, 0.15) is 0 Å². The molecule has 0 amide bonds. The third kappa shape index (κ3) is 2.61. The van der Waals surface area contributed by atoms with Crippen molar-refractivity contribution in [3.05, 3.63) is 35.9 Å². The monoisotopic (exact) mass is 221 g/mol. The van der Waals surface area contributed by atoms with E-state index in [-0.39, 0.29) is 6.10 Å². The van der Waals surface area contributed by atoms with Gasteiger partial charge in [0.05, 0.1) is 11.7 Å². The van der Waals surface area contributed by atoms with Crippen molar-refractivity contribution in [2.24, 2.45) is 0 Å². The minimum absolute atomic E-state index is 0.230. The number of hydrogen-bond acceptors (Lipinski definition) is 3. The van der Waals surface area contributed by atoms with Gasteiger partial charge >= 0.3 is 0 Å². The van der Waals surface area contributed by atoms with Crippen molar-refractivity contribution in [3.8, 4) is 0 Å². The molecule has 2 rings (SSSR count). The fraction of sp³-hybridized carbons (Fsp3) is 0.538. The van der Waals surface area contributed by atoms with E-state index in [0.717, 1.165) is 18.5 Å². The van der Waals surface area contributed by atoms with E-state index in [4.69, 9.17) is 0 Å². The van der Waals surface area contributed by atoms with Crippen molar-refractivity contribution in [2.45, 2.75) is 25.0 Å². The molecule has 1 aromatic rings. The van der Waals surface area contributed by atoms with Gasteiger partial charge in [-0.15, -0.1) is 0 Å². The molecular weight excluding hydrogens is 202 g/mol. The first-order valence-electron chi connectivity index (χ1n) is 5.76. The molecule has 1 unspecified atom stereocenters. The van der Waals surface area contributed by atoms with Crippen LogP contribution in [0.15, 0.2) is 30.3 Å². The first-order valence-corrected chi connectivity index (χ1v) is 5.76. The zero-order valence-electron chi connectivity index (χ0n) is 9.63. The summed E-state index contributed by atoms with van der Waals surface area (Å²) in [6, 6.07) is 9.68. The van der Waals surface area contributed by atoms with Crippen LogP contribution in [0.4, 0.5) is 0 Å². The summed E-state index contributed by atoms with van der Waals surface area (Å²) in [6.45, 7) is 3.94. The smallest absolute Gasteiger partial charge is 0.0994 e. The number of rotatable bonds is 3. The quantitative estimate of drug-likeness (QED) is 0.799. The molecule has 1 aliphatic rings. The van der Waals surface area contributed by atoms with E-state index < -0.39 is 5.60 Å². The molecule has 88 valence electrons. The Kier molecular flexibility index (Phi) is 3.28. The number of nitrogens with zero attached hydrogens (tertiary/aromatic N) is 1. The second kappa shape index (κ2) is 4.53. The van der Waals surface area contributed by atoms with Crippen LogP contribution in [0.1, 0.15) is 18.9 Å². The lowest BCUT2D eigenvalue weighted by Gasteiger charge is -2.29. The highest BCUT2D eigenvalue weighted by Gasteiger charge is 2.29. The van der Waals surface area contributed by atoms with Crippen LogP contribution < -0.4 is 0 Å². The highest BCUT2D eigenvalue weighted by Crippen LogP contribution is 2.23. The van der Waals surface area contributed by atoms with Crippen LogP contribution in [0.3, 0.4) is 0 Å². The van der Waals surface area contributed by atoms with Gasteiger partial charge in [0.25, 0.3) is 0 Å². The molecule has 2 atom stereocenters. The van der Waals surface area contributed by atoms with Gasteiger partial charge in [-0.2, -0.15) is 0 Å².